The topological polar surface area (TPSA) is 76.4 Å². The van der Waals surface area contributed by atoms with Crippen molar-refractivity contribution in [1.29, 1.82) is 0 Å². The summed E-state index contributed by atoms with van der Waals surface area (Å²) < 4.78 is 4.91. The molecule has 0 saturated heterocycles. The van der Waals surface area contributed by atoms with E-state index in [1.807, 2.05) is 0 Å². The summed E-state index contributed by atoms with van der Waals surface area (Å²) >= 11 is 0. The first-order valence-corrected chi connectivity index (χ1v) is 5.55. The van der Waals surface area contributed by atoms with Gasteiger partial charge < -0.3 is 4.42 Å². The highest BCUT2D eigenvalue weighted by Gasteiger charge is 2.27. The number of fused-ring (bicyclic) bond motifs is 1. The predicted octanol–water partition coefficient (Wildman–Crippen LogP) is 0.408. The summed E-state index contributed by atoms with van der Waals surface area (Å²) in [5.41, 5.74) is 0.333. The molecule has 1 aromatic heterocycles. The monoisotopic (exact) mass is 245 g/mol. The van der Waals surface area contributed by atoms with Crippen LogP contribution in [0.25, 0.3) is 0 Å². The Labute approximate surface area is 103 Å². The van der Waals surface area contributed by atoms with Gasteiger partial charge in [-0.25, -0.2) is 4.79 Å². The van der Waals surface area contributed by atoms with E-state index < -0.39 is 17.4 Å². The lowest BCUT2D eigenvalue weighted by molar-refractivity contribution is -0.120. The van der Waals surface area contributed by atoms with Crippen molar-refractivity contribution in [2.75, 3.05) is 0 Å². The third-order valence-corrected chi connectivity index (χ3v) is 2.68. The van der Waals surface area contributed by atoms with Gasteiger partial charge in [0.1, 0.15) is 5.76 Å². The first kappa shape index (κ1) is 12.1. The van der Waals surface area contributed by atoms with Crippen LogP contribution in [0.3, 0.4) is 0 Å². The third-order valence-electron chi connectivity index (χ3n) is 2.68. The minimum atomic E-state index is -0.549. The smallest absolute Gasteiger partial charge is 0.336 e. The molecule has 5 heteroatoms. The van der Waals surface area contributed by atoms with Crippen molar-refractivity contribution in [3.63, 3.8) is 0 Å². The van der Waals surface area contributed by atoms with Crippen molar-refractivity contribution in [2.45, 2.75) is 25.7 Å². The first-order valence-electron chi connectivity index (χ1n) is 5.55. The number of hydrogen-bond donors (Lipinski definition) is 1. The van der Waals surface area contributed by atoms with Crippen LogP contribution in [-0.4, -0.2) is 11.8 Å². The molecule has 0 aromatic carbocycles. The molecule has 1 N–H and O–H groups in total. The van der Waals surface area contributed by atoms with Crippen molar-refractivity contribution >= 4 is 11.8 Å². The number of amides is 2. The van der Waals surface area contributed by atoms with Gasteiger partial charge in [-0.05, 0) is 18.4 Å². The van der Waals surface area contributed by atoms with E-state index in [0.29, 0.717) is 30.4 Å². The van der Waals surface area contributed by atoms with Crippen LogP contribution in [0.2, 0.25) is 0 Å². The van der Waals surface area contributed by atoms with Crippen LogP contribution in [0.1, 0.15) is 34.5 Å². The van der Waals surface area contributed by atoms with Gasteiger partial charge in [0.2, 0.25) is 5.91 Å². The van der Waals surface area contributed by atoms with E-state index in [0.717, 1.165) is 0 Å². The highest BCUT2D eigenvalue weighted by molar-refractivity contribution is 6.09. The van der Waals surface area contributed by atoms with Gasteiger partial charge in [-0.3, -0.25) is 14.9 Å². The number of aryl methyl sites for hydroxylation is 1. The van der Waals surface area contributed by atoms with Crippen LogP contribution in [0.5, 0.6) is 0 Å². The summed E-state index contributed by atoms with van der Waals surface area (Å²) in [5, 5.41) is 2.21. The Kier molecular flexibility index (Phi) is 3.28. The second-order valence-corrected chi connectivity index (χ2v) is 4.00. The number of nitrogens with one attached hydrogen (secondary N) is 1. The molecule has 0 unspecified atom stereocenters. The molecule has 1 aliphatic rings. The predicted molar refractivity (Wildman–Crippen MR) is 62.9 cm³/mol. The van der Waals surface area contributed by atoms with Crippen LogP contribution in [0.15, 0.2) is 15.3 Å². The van der Waals surface area contributed by atoms with Crippen molar-refractivity contribution in [1.82, 2.24) is 5.32 Å². The van der Waals surface area contributed by atoms with E-state index in [1.54, 1.807) is 0 Å². The molecule has 1 aliphatic heterocycles. The summed E-state index contributed by atoms with van der Waals surface area (Å²) in [4.78, 5) is 34.3. The van der Waals surface area contributed by atoms with Crippen LogP contribution < -0.4 is 10.9 Å². The van der Waals surface area contributed by atoms with Gasteiger partial charge in [0, 0.05) is 12.5 Å². The third kappa shape index (κ3) is 2.33. The first-order chi connectivity index (χ1) is 8.61. The summed E-state index contributed by atoms with van der Waals surface area (Å²) in [5.74, 6) is 1.67. The fourth-order valence-corrected chi connectivity index (χ4v) is 1.95. The van der Waals surface area contributed by atoms with Gasteiger partial charge in [-0.2, -0.15) is 0 Å². The second kappa shape index (κ2) is 4.88. The van der Waals surface area contributed by atoms with Crippen LogP contribution >= 0.6 is 0 Å². The fraction of sp³-hybridized carbons (Fsp3) is 0.308. The SMILES string of the molecule is C#CCCCc1cc(=O)oc2c1C(=O)NC(=O)C2. The van der Waals surface area contributed by atoms with Gasteiger partial charge in [0.05, 0.1) is 12.0 Å². The van der Waals surface area contributed by atoms with E-state index in [-0.39, 0.29) is 12.2 Å². The lowest BCUT2D eigenvalue weighted by Gasteiger charge is -2.16. The largest absolute Gasteiger partial charge is 0.426 e. The van der Waals surface area contributed by atoms with Crippen molar-refractivity contribution in [3.05, 3.63) is 33.4 Å². The van der Waals surface area contributed by atoms with Gasteiger partial charge in [0.15, 0.2) is 0 Å². The summed E-state index contributed by atoms with van der Waals surface area (Å²) in [6.45, 7) is 0. The quantitative estimate of drug-likeness (QED) is 0.475. The second-order valence-electron chi connectivity index (χ2n) is 4.00. The minimum absolute atomic E-state index is 0.0840. The standard InChI is InChI=1S/C13H11NO4/c1-2-3-4-5-8-6-11(16)18-9-7-10(15)14-13(17)12(8)9/h1,6H,3-5,7H2,(H,14,15,17). The molecule has 0 radical (unpaired) electrons. The maximum atomic E-state index is 11.7. The molecule has 5 nitrogen and oxygen atoms in total. The molecule has 92 valence electrons. The van der Waals surface area contributed by atoms with E-state index in [9.17, 15) is 14.4 Å². The zero-order valence-electron chi connectivity index (χ0n) is 9.62. The number of carbonyl (C=O) groups is 2. The molecule has 0 bridgehead atoms. The van der Waals surface area contributed by atoms with Gasteiger partial charge in [0.25, 0.3) is 5.91 Å². The van der Waals surface area contributed by atoms with Gasteiger partial charge in [-0.15, -0.1) is 12.3 Å². The molecule has 0 atom stereocenters. The normalized spacial score (nSPS) is 13.7. The Morgan fingerprint density at radius 3 is 2.89 bits per heavy atom. The van der Waals surface area contributed by atoms with Gasteiger partial charge in [-0.1, -0.05) is 0 Å². The van der Waals surface area contributed by atoms with Crippen molar-refractivity contribution in [3.8, 4) is 12.3 Å². The Balaban J connectivity index is 2.41. The van der Waals surface area contributed by atoms with E-state index in [2.05, 4.69) is 11.2 Å². The van der Waals surface area contributed by atoms with Gasteiger partial charge >= 0.3 is 5.63 Å². The Morgan fingerprint density at radius 1 is 1.39 bits per heavy atom. The van der Waals surface area contributed by atoms with Crippen LogP contribution in [0, 0.1) is 12.3 Å². The summed E-state index contributed by atoms with van der Waals surface area (Å²) in [6.07, 6.45) is 6.82. The van der Waals surface area contributed by atoms with Crippen LogP contribution in [0.4, 0.5) is 0 Å². The van der Waals surface area contributed by atoms with Crippen LogP contribution in [-0.2, 0) is 17.6 Å². The Morgan fingerprint density at radius 2 is 2.17 bits per heavy atom. The Hall–Kier alpha value is -2.35. The number of unbranched alkanes of at least 4 members (excludes halogenated alkanes) is 1. The number of rotatable bonds is 3. The average molecular weight is 245 g/mol. The lowest BCUT2D eigenvalue weighted by atomic mass is 9.98. The molecule has 1 aromatic rings. The number of carbonyl (C=O) groups excluding carboxylic acids is 2. The molecule has 2 amide bonds. The summed E-state index contributed by atoms with van der Waals surface area (Å²) in [7, 11) is 0. The zero-order chi connectivity index (χ0) is 13.1. The lowest BCUT2D eigenvalue weighted by Crippen LogP contribution is -2.38. The highest BCUT2D eigenvalue weighted by Crippen LogP contribution is 2.18. The summed E-state index contributed by atoms with van der Waals surface area (Å²) in [6, 6.07) is 1.28. The molecule has 18 heavy (non-hydrogen) atoms. The highest BCUT2D eigenvalue weighted by atomic mass is 16.4. The number of imide groups is 1. The number of hydrogen-bond acceptors (Lipinski definition) is 4. The maximum Gasteiger partial charge on any atom is 0.336 e. The molecule has 0 fully saturated rings. The molecular formula is C13H11NO4. The average Bonchev–Trinajstić information content (AvgIpc) is 2.27. The Bertz CT molecular complexity index is 606. The van der Waals surface area contributed by atoms with E-state index in [4.69, 9.17) is 10.8 Å². The molecule has 0 aliphatic carbocycles. The molecular weight excluding hydrogens is 234 g/mol. The van der Waals surface area contributed by atoms with E-state index in [1.165, 1.54) is 6.07 Å². The van der Waals surface area contributed by atoms with Crippen molar-refractivity contribution < 1.29 is 14.0 Å². The van der Waals surface area contributed by atoms with E-state index >= 15 is 0 Å². The molecule has 0 saturated carbocycles. The van der Waals surface area contributed by atoms with Crippen molar-refractivity contribution in [2.24, 2.45) is 0 Å². The fourth-order valence-electron chi connectivity index (χ4n) is 1.95. The molecule has 2 heterocycles. The zero-order valence-corrected chi connectivity index (χ0v) is 9.62. The molecule has 0 spiro atoms. The minimum Gasteiger partial charge on any atom is -0.426 e. The maximum absolute atomic E-state index is 11.7. The molecule has 2 rings (SSSR count). The number of terminal acetylenes is 1.